The predicted octanol–water partition coefficient (Wildman–Crippen LogP) is 1.61. The van der Waals surface area contributed by atoms with Crippen molar-refractivity contribution in [1.29, 1.82) is 0 Å². The summed E-state index contributed by atoms with van der Waals surface area (Å²) in [7, 11) is 1.52. The van der Waals surface area contributed by atoms with Crippen molar-refractivity contribution in [2.24, 2.45) is 0 Å². The summed E-state index contributed by atoms with van der Waals surface area (Å²) in [6.07, 6.45) is -3.59. The van der Waals surface area contributed by atoms with Gasteiger partial charge in [0, 0.05) is 38.0 Å². The Morgan fingerprint density at radius 1 is 1.56 bits per heavy atom. The molecule has 0 radical (unpaired) electrons. The van der Waals surface area contributed by atoms with Gasteiger partial charge in [-0.1, -0.05) is 0 Å². The van der Waals surface area contributed by atoms with Crippen molar-refractivity contribution in [3.63, 3.8) is 0 Å². The maximum Gasteiger partial charge on any atom is 0.418 e. The van der Waals surface area contributed by atoms with Gasteiger partial charge in [0.1, 0.15) is 0 Å². The van der Waals surface area contributed by atoms with E-state index in [1.54, 1.807) is 0 Å². The summed E-state index contributed by atoms with van der Waals surface area (Å²) in [6, 6.07) is 1.22. The molecular formula is C11H15F3N2O2. The first-order valence-corrected chi connectivity index (χ1v) is 5.45. The number of alkyl halides is 3. The average Bonchev–Trinajstić information content (AvgIpc) is 2.75. The molecular weight excluding hydrogens is 249 g/mol. The van der Waals surface area contributed by atoms with E-state index in [4.69, 9.17) is 5.11 Å². The third-order valence-corrected chi connectivity index (χ3v) is 2.50. The molecule has 0 spiro atoms. The van der Waals surface area contributed by atoms with E-state index in [1.807, 2.05) is 0 Å². The average molecular weight is 264 g/mol. The standard InChI is InChI=1S/C11H15F3N2O2/c1-15-9(17)3-2-5-16-6-4-8(7-16)10(18)11(12,13)14/h4,6-7,10,18H,2-3,5H2,1H3,(H,15,17). The fraction of sp³-hybridized carbons (Fsp3) is 0.545. The lowest BCUT2D eigenvalue weighted by Gasteiger charge is -2.12. The lowest BCUT2D eigenvalue weighted by molar-refractivity contribution is -0.206. The van der Waals surface area contributed by atoms with Gasteiger partial charge in [-0.2, -0.15) is 13.2 Å². The number of aliphatic hydroxyl groups is 1. The number of amides is 1. The normalized spacial score (nSPS) is 13.4. The SMILES string of the molecule is CNC(=O)CCCn1ccc(C(O)C(F)(F)F)c1. The molecule has 1 rings (SSSR count). The van der Waals surface area contributed by atoms with E-state index in [0.29, 0.717) is 19.4 Å². The molecule has 1 unspecified atom stereocenters. The number of nitrogens with one attached hydrogen (secondary N) is 1. The summed E-state index contributed by atoms with van der Waals surface area (Å²) in [5.41, 5.74) is -0.192. The first-order valence-electron chi connectivity index (χ1n) is 5.45. The van der Waals surface area contributed by atoms with Crippen LogP contribution in [0.3, 0.4) is 0 Å². The molecule has 0 aliphatic carbocycles. The summed E-state index contributed by atoms with van der Waals surface area (Å²) < 4.78 is 38.2. The Hall–Kier alpha value is -1.50. The van der Waals surface area contributed by atoms with Gasteiger partial charge in [-0.15, -0.1) is 0 Å². The Bertz CT molecular complexity index is 401. The molecule has 0 saturated carbocycles. The van der Waals surface area contributed by atoms with Crippen LogP contribution in [-0.4, -0.2) is 28.8 Å². The van der Waals surface area contributed by atoms with Crippen LogP contribution >= 0.6 is 0 Å². The summed E-state index contributed by atoms with van der Waals surface area (Å²) in [5.74, 6) is -0.113. The van der Waals surface area contributed by atoms with Gasteiger partial charge >= 0.3 is 6.18 Å². The van der Waals surface area contributed by atoms with Gasteiger partial charge in [0.2, 0.25) is 5.91 Å². The molecule has 1 aromatic rings. The van der Waals surface area contributed by atoms with Crippen LogP contribution in [0.5, 0.6) is 0 Å². The third-order valence-electron chi connectivity index (χ3n) is 2.50. The number of halogens is 3. The molecule has 7 heteroatoms. The minimum absolute atomic E-state index is 0.113. The minimum Gasteiger partial charge on any atom is -0.379 e. The Morgan fingerprint density at radius 2 is 2.22 bits per heavy atom. The maximum atomic E-state index is 12.2. The van der Waals surface area contributed by atoms with Crippen LogP contribution in [0.25, 0.3) is 0 Å². The van der Waals surface area contributed by atoms with Gasteiger partial charge in [0.05, 0.1) is 0 Å². The smallest absolute Gasteiger partial charge is 0.379 e. The predicted molar refractivity (Wildman–Crippen MR) is 58.7 cm³/mol. The second-order valence-electron chi connectivity index (χ2n) is 3.90. The van der Waals surface area contributed by atoms with Gasteiger partial charge in [-0.3, -0.25) is 4.79 Å². The number of hydrogen-bond donors (Lipinski definition) is 2. The van der Waals surface area contributed by atoms with Crippen molar-refractivity contribution in [3.05, 3.63) is 24.0 Å². The highest BCUT2D eigenvalue weighted by Gasteiger charge is 2.39. The highest BCUT2D eigenvalue weighted by Crippen LogP contribution is 2.32. The zero-order valence-electron chi connectivity index (χ0n) is 9.87. The molecule has 1 amide bonds. The van der Waals surface area contributed by atoms with E-state index >= 15 is 0 Å². The van der Waals surface area contributed by atoms with Crippen molar-refractivity contribution in [2.75, 3.05) is 7.05 Å². The van der Waals surface area contributed by atoms with Crippen molar-refractivity contribution >= 4 is 5.91 Å². The van der Waals surface area contributed by atoms with Crippen LogP contribution in [-0.2, 0) is 11.3 Å². The van der Waals surface area contributed by atoms with Crippen molar-refractivity contribution < 1.29 is 23.1 Å². The van der Waals surface area contributed by atoms with E-state index in [0.717, 1.165) is 0 Å². The highest BCUT2D eigenvalue weighted by molar-refractivity contribution is 5.75. The molecule has 0 aromatic carbocycles. The lowest BCUT2D eigenvalue weighted by Crippen LogP contribution is -2.19. The number of aryl methyl sites for hydroxylation is 1. The van der Waals surface area contributed by atoms with Crippen LogP contribution < -0.4 is 5.32 Å². The Morgan fingerprint density at radius 3 is 2.78 bits per heavy atom. The molecule has 2 N–H and O–H groups in total. The molecule has 4 nitrogen and oxygen atoms in total. The molecule has 0 saturated heterocycles. The second kappa shape index (κ2) is 5.90. The molecule has 0 aliphatic rings. The van der Waals surface area contributed by atoms with Crippen LogP contribution in [0.4, 0.5) is 13.2 Å². The first kappa shape index (κ1) is 14.6. The fourth-order valence-corrected chi connectivity index (χ4v) is 1.50. The Balaban J connectivity index is 2.51. The van der Waals surface area contributed by atoms with E-state index in [2.05, 4.69) is 5.32 Å². The number of hydrogen-bond acceptors (Lipinski definition) is 2. The largest absolute Gasteiger partial charge is 0.418 e. The lowest BCUT2D eigenvalue weighted by atomic mass is 10.2. The summed E-state index contributed by atoms with van der Waals surface area (Å²) in [4.78, 5) is 10.9. The van der Waals surface area contributed by atoms with Gasteiger partial charge in [0.25, 0.3) is 0 Å². The van der Waals surface area contributed by atoms with E-state index < -0.39 is 12.3 Å². The van der Waals surface area contributed by atoms with Crippen molar-refractivity contribution in [2.45, 2.75) is 31.7 Å². The Labute approximate surface area is 102 Å². The highest BCUT2D eigenvalue weighted by atomic mass is 19.4. The molecule has 1 heterocycles. The number of nitrogens with zero attached hydrogens (tertiary/aromatic N) is 1. The van der Waals surface area contributed by atoms with Crippen molar-refractivity contribution in [1.82, 2.24) is 9.88 Å². The van der Waals surface area contributed by atoms with Crippen LogP contribution in [0.15, 0.2) is 18.5 Å². The first-order chi connectivity index (χ1) is 8.34. The molecule has 1 aromatic heterocycles. The Kier molecular flexibility index (Phi) is 4.77. The van der Waals surface area contributed by atoms with E-state index in [1.165, 1.54) is 30.1 Å². The third kappa shape index (κ3) is 4.06. The van der Waals surface area contributed by atoms with Gasteiger partial charge < -0.3 is 15.0 Å². The number of aromatic nitrogens is 1. The maximum absolute atomic E-state index is 12.2. The summed E-state index contributed by atoms with van der Waals surface area (Å²) in [5, 5.41) is 11.5. The van der Waals surface area contributed by atoms with Gasteiger partial charge in [0.15, 0.2) is 6.10 Å². The van der Waals surface area contributed by atoms with Crippen LogP contribution in [0.1, 0.15) is 24.5 Å². The number of aliphatic hydroxyl groups excluding tert-OH is 1. The molecule has 0 fully saturated rings. The van der Waals surface area contributed by atoms with Crippen LogP contribution in [0.2, 0.25) is 0 Å². The number of rotatable bonds is 5. The summed E-state index contributed by atoms with van der Waals surface area (Å²) >= 11 is 0. The van der Waals surface area contributed by atoms with Crippen molar-refractivity contribution in [3.8, 4) is 0 Å². The molecule has 1 atom stereocenters. The zero-order valence-corrected chi connectivity index (χ0v) is 9.87. The van der Waals surface area contributed by atoms with E-state index in [9.17, 15) is 18.0 Å². The number of carbonyl (C=O) groups excluding carboxylic acids is 1. The zero-order chi connectivity index (χ0) is 13.8. The fourth-order valence-electron chi connectivity index (χ4n) is 1.50. The molecule has 18 heavy (non-hydrogen) atoms. The monoisotopic (exact) mass is 264 g/mol. The van der Waals surface area contributed by atoms with E-state index in [-0.39, 0.29) is 11.5 Å². The summed E-state index contributed by atoms with van der Waals surface area (Å²) in [6.45, 7) is 0.429. The topological polar surface area (TPSA) is 54.3 Å². The van der Waals surface area contributed by atoms with Gasteiger partial charge in [-0.25, -0.2) is 0 Å². The molecule has 0 bridgehead atoms. The quantitative estimate of drug-likeness (QED) is 0.849. The van der Waals surface area contributed by atoms with Gasteiger partial charge in [-0.05, 0) is 12.5 Å². The molecule has 102 valence electrons. The molecule has 0 aliphatic heterocycles. The minimum atomic E-state index is -4.66. The number of carbonyl (C=O) groups is 1. The van der Waals surface area contributed by atoms with Crippen LogP contribution in [0, 0.1) is 0 Å². The second-order valence-corrected chi connectivity index (χ2v) is 3.90.